The maximum Gasteiger partial charge on any atom is 0.306 e. The molecule has 73 heavy (non-hydrogen) atoms. The van der Waals surface area contributed by atoms with Crippen molar-refractivity contribution in [3.05, 3.63) is 85.1 Å². The Morgan fingerprint density at radius 1 is 0.288 bits per heavy atom. The zero-order valence-corrected chi connectivity index (χ0v) is 48.1. The van der Waals surface area contributed by atoms with Crippen LogP contribution in [0.15, 0.2) is 85.1 Å². The first-order chi connectivity index (χ1) is 36.0. The molecule has 1 unspecified atom stereocenters. The molecule has 0 saturated heterocycles. The summed E-state index contributed by atoms with van der Waals surface area (Å²) >= 11 is 0. The fourth-order valence-corrected chi connectivity index (χ4v) is 8.69. The van der Waals surface area contributed by atoms with Gasteiger partial charge in [0.05, 0.1) is 0 Å². The van der Waals surface area contributed by atoms with Crippen molar-refractivity contribution in [3.8, 4) is 0 Å². The van der Waals surface area contributed by atoms with Gasteiger partial charge < -0.3 is 14.2 Å². The highest BCUT2D eigenvalue weighted by atomic mass is 16.6. The van der Waals surface area contributed by atoms with Crippen LogP contribution in [0.25, 0.3) is 0 Å². The molecule has 0 radical (unpaired) electrons. The van der Waals surface area contributed by atoms with E-state index in [1.807, 2.05) is 0 Å². The summed E-state index contributed by atoms with van der Waals surface area (Å²) in [5, 5.41) is 0. The van der Waals surface area contributed by atoms with Gasteiger partial charge in [0.1, 0.15) is 13.2 Å². The molecule has 0 aromatic carbocycles. The molecule has 0 rings (SSSR count). The van der Waals surface area contributed by atoms with Gasteiger partial charge in [0.2, 0.25) is 0 Å². The zero-order chi connectivity index (χ0) is 52.9. The van der Waals surface area contributed by atoms with E-state index in [1.54, 1.807) is 0 Å². The number of hydrogen-bond donors (Lipinski definition) is 0. The third-order valence-corrected chi connectivity index (χ3v) is 13.3. The van der Waals surface area contributed by atoms with E-state index < -0.39 is 6.10 Å². The largest absolute Gasteiger partial charge is 0.462 e. The van der Waals surface area contributed by atoms with E-state index in [9.17, 15) is 14.4 Å². The topological polar surface area (TPSA) is 78.9 Å². The minimum absolute atomic E-state index is 0.0821. The van der Waals surface area contributed by atoms with Crippen molar-refractivity contribution in [2.24, 2.45) is 0 Å². The lowest BCUT2D eigenvalue weighted by Crippen LogP contribution is -2.30. The third kappa shape index (κ3) is 59.3. The van der Waals surface area contributed by atoms with Crippen LogP contribution in [0.2, 0.25) is 0 Å². The number of carbonyl (C=O) groups is 3. The maximum atomic E-state index is 12.8. The molecular weight excluding hydrogens is 901 g/mol. The lowest BCUT2D eigenvalue weighted by Gasteiger charge is -2.18. The standard InChI is InChI=1S/C67H116O6/c1-4-7-10-13-16-19-22-24-25-26-27-28-29-30-31-32-33-34-35-36-37-38-39-40-41-43-45-48-51-54-57-60-66(69)72-63-64(62-71-65(68)59-56-53-50-47-44-21-18-15-12-9-6-3)73-67(70)61-58-55-52-49-46-42-23-20-17-14-11-8-5-2/h7,10-11,14-16,18-20,23-25,27-28,64H,4-6,8-9,12-13,17,21-22,26,29-63H2,1-3H3/b10-7-,14-11-,18-15-,19-16-,23-20-,25-24-,28-27-. The number of unbranched alkanes of at least 4 members (excludes halogenated alkanes) is 31. The molecule has 0 heterocycles. The number of rotatable bonds is 56. The van der Waals surface area contributed by atoms with Gasteiger partial charge in [-0.25, -0.2) is 0 Å². The van der Waals surface area contributed by atoms with Crippen molar-refractivity contribution in [1.82, 2.24) is 0 Å². The molecule has 0 bridgehead atoms. The van der Waals surface area contributed by atoms with Crippen LogP contribution in [0.5, 0.6) is 0 Å². The molecule has 0 aliphatic heterocycles. The Morgan fingerprint density at radius 2 is 0.562 bits per heavy atom. The van der Waals surface area contributed by atoms with Crippen molar-refractivity contribution in [3.63, 3.8) is 0 Å². The van der Waals surface area contributed by atoms with Gasteiger partial charge in [-0.1, -0.05) is 266 Å². The van der Waals surface area contributed by atoms with E-state index in [0.717, 1.165) is 122 Å². The number of hydrogen-bond acceptors (Lipinski definition) is 6. The Balaban J connectivity index is 4.11. The van der Waals surface area contributed by atoms with Crippen LogP contribution in [0, 0.1) is 0 Å². The number of allylic oxidation sites excluding steroid dienone is 14. The van der Waals surface area contributed by atoms with Crippen LogP contribution >= 0.6 is 0 Å². The lowest BCUT2D eigenvalue weighted by molar-refractivity contribution is -0.167. The molecule has 6 heteroatoms. The van der Waals surface area contributed by atoms with Gasteiger partial charge in [-0.15, -0.1) is 0 Å². The molecule has 0 aromatic heterocycles. The van der Waals surface area contributed by atoms with Crippen molar-refractivity contribution >= 4 is 17.9 Å². The van der Waals surface area contributed by atoms with Crippen molar-refractivity contribution in [2.45, 2.75) is 309 Å². The smallest absolute Gasteiger partial charge is 0.306 e. The molecule has 0 aliphatic carbocycles. The average molecular weight is 1020 g/mol. The lowest BCUT2D eigenvalue weighted by atomic mass is 10.0. The Labute approximate surface area is 452 Å². The first-order valence-corrected chi connectivity index (χ1v) is 31.1. The average Bonchev–Trinajstić information content (AvgIpc) is 3.39. The van der Waals surface area contributed by atoms with Gasteiger partial charge in [0, 0.05) is 19.3 Å². The summed E-state index contributed by atoms with van der Waals surface area (Å²) in [6.07, 6.45) is 80.4. The first-order valence-electron chi connectivity index (χ1n) is 31.1. The van der Waals surface area contributed by atoms with Gasteiger partial charge in [-0.3, -0.25) is 14.4 Å². The maximum absolute atomic E-state index is 12.8. The molecule has 1 atom stereocenters. The fraction of sp³-hybridized carbons (Fsp3) is 0.746. The molecule has 0 aromatic rings. The number of esters is 3. The minimum atomic E-state index is -0.785. The summed E-state index contributed by atoms with van der Waals surface area (Å²) in [5.74, 6) is -0.898. The predicted molar refractivity (Wildman–Crippen MR) is 316 cm³/mol. The fourth-order valence-electron chi connectivity index (χ4n) is 8.69. The summed E-state index contributed by atoms with van der Waals surface area (Å²) in [5.41, 5.74) is 0. The molecular formula is C67H116O6. The summed E-state index contributed by atoms with van der Waals surface area (Å²) in [6, 6.07) is 0. The van der Waals surface area contributed by atoms with Crippen LogP contribution < -0.4 is 0 Å². The Hall–Kier alpha value is -3.41. The van der Waals surface area contributed by atoms with Gasteiger partial charge in [-0.2, -0.15) is 0 Å². The number of carbonyl (C=O) groups excluding carboxylic acids is 3. The van der Waals surface area contributed by atoms with E-state index in [0.29, 0.717) is 19.3 Å². The zero-order valence-electron chi connectivity index (χ0n) is 48.1. The summed E-state index contributed by atoms with van der Waals surface area (Å²) in [7, 11) is 0. The molecule has 0 fully saturated rings. The van der Waals surface area contributed by atoms with E-state index >= 15 is 0 Å². The summed E-state index contributed by atoms with van der Waals surface area (Å²) in [6.45, 7) is 6.42. The Morgan fingerprint density at radius 3 is 0.904 bits per heavy atom. The van der Waals surface area contributed by atoms with Gasteiger partial charge in [0.25, 0.3) is 0 Å². The molecule has 0 saturated carbocycles. The van der Waals surface area contributed by atoms with Crippen molar-refractivity contribution in [1.29, 1.82) is 0 Å². The van der Waals surface area contributed by atoms with Gasteiger partial charge in [0.15, 0.2) is 6.10 Å². The molecule has 0 spiro atoms. The van der Waals surface area contributed by atoms with Crippen LogP contribution in [0.1, 0.15) is 303 Å². The SMILES string of the molecule is CC/C=C\C/C=C\C/C=C\C/C=C\CCCCCCCCCCCCCCCCCCCCC(=O)OCC(COC(=O)CCCCCCC/C=C\CCCC)OC(=O)CCCCCCC/C=C\C/C=C\CCC. The first kappa shape index (κ1) is 69.6. The summed E-state index contributed by atoms with van der Waals surface area (Å²) in [4.78, 5) is 38.1. The summed E-state index contributed by atoms with van der Waals surface area (Å²) < 4.78 is 16.8. The van der Waals surface area contributed by atoms with E-state index in [1.165, 1.54) is 141 Å². The quantitative estimate of drug-likeness (QED) is 0.0261. The van der Waals surface area contributed by atoms with Crippen LogP contribution in [-0.2, 0) is 28.6 Å². The molecule has 420 valence electrons. The molecule has 0 aliphatic rings. The van der Waals surface area contributed by atoms with E-state index in [4.69, 9.17) is 14.2 Å². The predicted octanol–water partition coefficient (Wildman–Crippen LogP) is 21.1. The van der Waals surface area contributed by atoms with Crippen LogP contribution in [0.3, 0.4) is 0 Å². The van der Waals surface area contributed by atoms with Gasteiger partial charge in [-0.05, 0) is 103 Å². The Kier molecular flexibility index (Phi) is 58.3. The van der Waals surface area contributed by atoms with Crippen LogP contribution in [0.4, 0.5) is 0 Å². The molecule has 0 N–H and O–H groups in total. The highest BCUT2D eigenvalue weighted by Crippen LogP contribution is 2.17. The van der Waals surface area contributed by atoms with E-state index in [-0.39, 0.29) is 31.1 Å². The van der Waals surface area contributed by atoms with Crippen molar-refractivity contribution in [2.75, 3.05) is 13.2 Å². The highest BCUT2D eigenvalue weighted by Gasteiger charge is 2.19. The van der Waals surface area contributed by atoms with Gasteiger partial charge >= 0.3 is 17.9 Å². The minimum Gasteiger partial charge on any atom is -0.462 e. The molecule has 0 amide bonds. The Bertz CT molecular complexity index is 1400. The number of ether oxygens (including phenoxy) is 3. The normalized spacial score (nSPS) is 12.6. The second-order valence-corrected chi connectivity index (χ2v) is 20.6. The van der Waals surface area contributed by atoms with Crippen LogP contribution in [-0.4, -0.2) is 37.2 Å². The molecule has 6 nitrogen and oxygen atoms in total. The highest BCUT2D eigenvalue weighted by molar-refractivity contribution is 5.71. The third-order valence-electron chi connectivity index (χ3n) is 13.3. The van der Waals surface area contributed by atoms with Crippen molar-refractivity contribution < 1.29 is 28.6 Å². The second kappa shape index (κ2) is 61.1. The van der Waals surface area contributed by atoms with E-state index in [2.05, 4.69) is 106 Å². The monoisotopic (exact) mass is 1020 g/mol. The second-order valence-electron chi connectivity index (χ2n) is 20.6.